The number of rotatable bonds is 3. The first-order valence-electron chi connectivity index (χ1n) is 5.43. The summed E-state index contributed by atoms with van der Waals surface area (Å²) in [6.07, 6.45) is 0. The summed E-state index contributed by atoms with van der Waals surface area (Å²) in [5.74, 6) is -0.236. The van der Waals surface area contributed by atoms with Crippen molar-refractivity contribution in [2.24, 2.45) is 5.10 Å². The zero-order chi connectivity index (χ0) is 13.8. The van der Waals surface area contributed by atoms with Crippen LogP contribution in [0.3, 0.4) is 0 Å². The number of halogens is 2. The highest BCUT2D eigenvalue weighted by Crippen LogP contribution is 2.16. The van der Waals surface area contributed by atoms with Gasteiger partial charge in [0, 0.05) is 10.6 Å². The first-order chi connectivity index (χ1) is 9.08. The lowest BCUT2D eigenvalue weighted by Gasteiger charge is -2.03. The van der Waals surface area contributed by atoms with Gasteiger partial charge >= 0.3 is 5.91 Å². The fourth-order valence-electron chi connectivity index (χ4n) is 1.44. The second-order valence-electron chi connectivity index (χ2n) is 3.72. The van der Waals surface area contributed by atoms with Crippen molar-refractivity contribution in [2.75, 3.05) is 0 Å². The standard InChI is InChI=1S/C13H10BrClN2O2/c1-8(9-4-2-3-5-10(9)15)16-17-13(18)11-6-7-12(14)19-11/h2-7H,1H3,(H,17,18)/b16-8-. The number of hydrogen-bond donors (Lipinski definition) is 1. The maximum absolute atomic E-state index is 11.7. The van der Waals surface area contributed by atoms with Crippen molar-refractivity contribution in [3.05, 3.63) is 57.4 Å². The lowest BCUT2D eigenvalue weighted by atomic mass is 10.1. The summed E-state index contributed by atoms with van der Waals surface area (Å²) in [5, 5.41) is 4.58. The highest BCUT2D eigenvalue weighted by Gasteiger charge is 2.10. The lowest BCUT2D eigenvalue weighted by Crippen LogP contribution is -2.18. The summed E-state index contributed by atoms with van der Waals surface area (Å²) in [5.41, 5.74) is 3.80. The van der Waals surface area contributed by atoms with Crippen molar-refractivity contribution in [1.29, 1.82) is 0 Å². The summed E-state index contributed by atoms with van der Waals surface area (Å²) < 4.78 is 5.61. The molecular formula is C13H10BrClN2O2. The smallest absolute Gasteiger partial charge is 0.307 e. The molecule has 0 radical (unpaired) electrons. The minimum Gasteiger partial charge on any atom is -0.444 e. The Balaban J connectivity index is 2.11. The number of amides is 1. The van der Waals surface area contributed by atoms with Crippen molar-refractivity contribution in [3.8, 4) is 0 Å². The van der Waals surface area contributed by atoms with Gasteiger partial charge in [-0.15, -0.1) is 0 Å². The maximum Gasteiger partial charge on any atom is 0.307 e. The number of carbonyl (C=O) groups is 1. The Kier molecular flexibility index (Phi) is 4.39. The van der Waals surface area contributed by atoms with E-state index in [-0.39, 0.29) is 5.76 Å². The predicted molar refractivity (Wildman–Crippen MR) is 77.5 cm³/mol. The fourth-order valence-corrected chi connectivity index (χ4v) is 2.02. The Bertz CT molecular complexity index is 637. The average molecular weight is 342 g/mol. The quantitative estimate of drug-likeness (QED) is 0.681. The van der Waals surface area contributed by atoms with Crippen molar-refractivity contribution < 1.29 is 9.21 Å². The van der Waals surface area contributed by atoms with Gasteiger partial charge in [-0.05, 0) is 41.1 Å². The van der Waals surface area contributed by atoms with Gasteiger partial charge in [0.2, 0.25) is 0 Å². The summed E-state index contributed by atoms with van der Waals surface area (Å²) in [4.78, 5) is 11.7. The second kappa shape index (κ2) is 6.04. The van der Waals surface area contributed by atoms with Crippen LogP contribution in [0.5, 0.6) is 0 Å². The van der Waals surface area contributed by atoms with E-state index in [0.29, 0.717) is 15.4 Å². The van der Waals surface area contributed by atoms with E-state index in [4.69, 9.17) is 16.0 Å². The topological polar surface area (TPSA) is 54.6 Å². The third-order valence-electron chi connectivity index (χ3n) is 2.39. The van der Waals surface area contributed by atoms with Gasteiger partial charge < -0.3 is 4.42 Å². The molecule has 0 spiro atoms. The second-order valence-corrected chi connectivity index (χ2v) is 4.91. The van der Waals surface area contributed by atoms with E-state index in [1.165, 1.54) is 0 Å². The molecule has 0 saturated heterocycles. The minimum atomic E-state index is -0.419. The van der Waals surface area contributed by atoms with E-state index in [1.807, 2.05) is 18.2 Å². The van der Waals surface area contributed by atoms with Crippen LogP contribution in [-0.4, -0.2) is 11.6 Å². The molecule has 1 aromatic carbocycles. The molecule has 98 valence electrons. The first-order valence-corrected chi connectivity index (χ1v) is 6.60. The molecule has 0 unspecified atom stereocenters. The van der Waals surface area contributed by atoms with Crippen LogP contribution in [0.25, 0.3) is 0 Å². The number of nitrogens with zero attached hydrogens (tertiary/aromatic N) is 1. The third-order valence-corrected chi connectivity index (χ3v) is 3.14. The van der Waals surface area contributed by atoms with Crippen LogP contribution in [-0.2, 0) is 0 Å². The number of nitrogens with one attached hydrogen (secondary N) is 1. The predicted octanol–water partition coefficient (Wildman–Crippen LogP) is 3.85. The van der Waals surface area contributed by atoms with Crippen molar-refractivity contribution in [3.63, 3.8) is 0 Å². The van der Waals surface area contributed by atoms with Gasteiger partial charge in [-0.2, -0.15) is 5.10 Å². The van der Waals surface area contributed by atoms with Crippen molar-refractivity contribution in [1.82, 2.24) is 5.43 Å². The van der Waals surface area contributed by atoms with Crippen LogP contribution in [0.4, 0.5) is 0 Å². The zero-order valence-corrected chi connectivity index (χ0v) is 12.3. The molecule has 6 heteroatoms. The van der Waals surface area contributed by atoms with Gasteiger partial charge in [-0.25, -0.2) is 5.43 Å². The first kappa shape index (κ1) is 13.8. The van der Waals surface area contributed by atoms with Crippen LogP contribution >= 0.6 is 27.5 Å². The van der Waals surface area contributed by atoms with Gasteiger partial charge in [0.15, 0.2) is 10.4 Å². The van der Waals surface area contributed by atoms with Crippen LogP contribution in [0.1, 0.15) is 23.0 Å². The van der Waals surface area contributed by atoms with Crippen LogP contribution in [0.15, 0.2) is 50.6 Å². The van der Waals surface area contributed by atoms with Crippen LogP contribution < -0.4 is 5.43 Å². The molecule has 0 saturated carbocycles. The van der Waals surface area contributed by atoms with Gasteiger partial charge in [0.1, 0.15) is 0 Å². The molecule has 0 atom stereocenters. The number of carbonyl (C=O) groups excluding carboxylic acids is 1. The number of hydrogen-bond acceptors (Lipinski definition) is 3. The van der Waals surface area contributed by atoms with Crippen molar-refractivity contribution in [2.45, 2.75) is 6.92 Å². The Labute approximate surface area is 123 Å². The Morgan fingerprint density at radius 3 is 2.68 bits per heavy atom. The molecule has 1 amide bonds. The number of hydrazone groups is 1. The monoisotopic (exact) mass is 340 g/mol. The fraction of sp³-hybridized carbons (Fsp3) is 0.0769. The molecule has 1 aromatic heterocycles. The van der Waals surface area contributed by atoms with E-state index in [0.717, 1.165) is 5.56 Å². The minimum absolute atomic E-state index is 0.183. The van der Waals surface area contributed by atoms with E-state index in [1.54, 1.807) is 25.1 Å². The molecule has 2 aromatic rings. The lowest BCUT2D eigenvalue weighted by molar-refractivity contribution is 0.0926. The SMILES string of the molecule is C/C(=N/NC(=O)c1ccc(Br)o1)c1ccccc1Cl. The van der Waals surface area contributed by atoms with Crippen molar-refractivity contribution >= 4 is 39.1 Å². The number of benzene rings is 1. The highest BCUT2D eigenvalue weighted by molar-refractivity contribution is 9.10. The molecular weight excluding hydrogens is 332 g/mol. The van der Waals surface area contributed by atoms with Gasteiger partial charge in [-0.3, -0.25) is 4.79 Å². The Morgan fingerprint density at radius 2 is 2.05 bits per heavy atom. The van der Waals surface area contributed by atoms with E-state index >= 15 is 0 Å². The van der Waals surface area contributed by atoms with Crippen LogP contribution in [0, 0.1) is 0 Å². The largest absolute Gasteiger partial charge is 0.444 e. The zero-order valence-electron chi connectivity index (χ0n) is 9.98. The highest BCUT2D eigenvalue weighted by atomic mass is 79.9. The molecule has 1 N–H and O–H groups in total. The molecule has 0 aliphatic heterocycles. The summed E-state index contributed by atoms with van der Waals surface area (Å²) in [6, 6.07) is 10.5. The maximum atomic E-state index is 11.7. The van der Waals surface area contributed by atoms with E-state index in [9.17, 15) is 4.79 Å². The van der Waals surface area contributed by atoms with Gasteiger partial charge in [0.25, 0.3) is 0 Å². The Hall–Kier alpha value is -1.59. The number of furan rings is 1. The molecule has 0 aliphatic rings. The van der Waals surface area contributed by atoms with Gasteiger partial charge in [0.05, 0.1) is 5.71 Å². The van der Waals surface area contributed by atoms with E-state index in [2.05, 4.69) is 26.5 Å². The molecule has 0 bridgehead atoms. The molecule has 1 heterocycles. The van der Waals surface area contributed by atoms with Crippen LogP contribution in [0.2, 0.25) is 5.02 Å². The summed E-state index contributed by atoms with van der Waals surface area (Å²) in [6.45, 7) is 1.76. The summed E-state index contributed by atoms with van der Waals surface area (Å²) >= 11 is 9.16. The average Bonchev–Trinajstić information content (AvgIpc) is 2.83. The Morgan fingerprint density at radius 1 is 1.32 bits per heavy atom. The molecule has 4 nitrogen and oxygen atoms in total. The van der Waals surface area contributed by atoms with Gasteiger partial charge in [-0.1, -0.05) is 29.8 Å². The molecule has 0 aliphatic carbocycles. The third kappa shape index (κ3) is 3.45. The molecule has 0 fully saturated rings. The molecule has 2 rings (SSSR count). The normalized spacial score (nSPS) is 11.4. The van der Waals surface area contributed by atoms with E-state index < -0.39 is 5.91 Å². The summed E-state index contributed by atoms with van der Waals surface area (Å²) in [7, 11) is 0. The molecule has 19 heavy (non-hydrogen) atoms.